The zero-order valence-corrected chi connectivity index (χ0v) is 13.7. The van der Waals surface area contributed by atoms with Gasteiger partial charge < -0.3 is 9.84 Å². The SMILES string of the molecule is Cn1c(=O)c2cc3c(nc2n(C)c1=O)-c1ccccc1OC3(O)C(F)F. The van der Waals surface area contributed by atoms with E-state index in [1.807, 2.05) is 0 Å². The number of aromatic nitrogens is 3. The zero-order valence-electron chi connectivity index (χ0n) is 13.7. The Balaban J connectivity index is 2.21. The number of halogens is 2. The largest absolute Gasteiger partial charge is 0.451 e. The fraction of sp³-hybridized carbons (Fsp3) is 0.235. The second kappa shape index (κ2) is 5.21. The van der Waals surface area contributed by atoms with Crippen LogP contribution in [0.5, 0.6) is 5.75 Å². The Morgan fingerprint density at radius 3 is 2.58 bits per heavy atom. The topological polar surface area (TPSA) is 86.4 Å². The van der Waals surface area contributed by atoms with Crippen molar-refractivity contribution in [2.24, 2.45) is 14.1 Å². The average Bonchev–Trinajstić information content (AvgIpc) is 2.63. The van der Waals surface area contributed by atoms with Gasteiger partial charge >= 0.3 is 12.1 Å². The van der Waals surface area contributed by atoms with Crippen molar-refractivity contribution in [1.29, 1.82) is 0 Å². The molecule has 26 heavy (non-hydrogen) atoms. The van der Waals surface area contributed by atoms with Gasteiger partial charge in [-0.1, -0.05) is 12.1 Å². The molecule has 134 valence electrons. The number of nitrogens with zero attached hydrogens (tertiary/aromatic N) is 3. The van der Waals surface area contributed by atoms with Crippen LogP contribution >= 0.6 is 0 Å². The average molecular weight is 361 g/mol. The molecule has 1 aromatic carbocycles. The second-order valence-electron chi connectivity index (χ2n) is 6.06. The molecule has 0 spiro atoms. The van der Waals surface area contributed by atoms with Gasteiger partial charge in [-0.2, -0.15) is 0 Å². The van der Waals surface area contributed by atoms with Crippen molar-refractivity contribution < 1.29 is 18.6 Å². The molecular weight excluding hydrogens is 348 g/mol. The van der Waals surface area contributed by atoms with Crippen LogP contribution in [0.2, 0.25) is 0 Å². The molecular formula is C17H13F2N3O4. The molecule has 0 bridgehead atoms. The third kappa shape index (κ3) is 1.97. The number of hydrogen-bond donors (Lipinski definition) is 1. The fourth-order valence-corrected chi connectivity index (χ4v) is 3.11. The van der Waals surface area contributed by atoms with Gasteiger partial charge in [0, 0.05) is 19.7 Å². The van der Waals surface area contributed by atoms with Crippen LogP contribution < -0.4 is 16.0 Å². The number of aliphatic hydroxyl groups is 1. The predicted octanol–water partition coefficient (Wildman–Crippen LogP) is 1.10. The first-order chi connectivity index (χ1) is 12.3. The highest BCUT2D eigenvalue weighted by Gasteiger charge is 2.48. The summed E-state index contributed by atoms with van der Waals surface area (Å²) in [6.07, 6.45) is -3.29. The van der Waals surface area contributed by atoms with Crippen molar-refractivity contribution in [3.63, 3.8) is 0 Å². The fourth-order valence-electron chi connectivity index (χ4n) is 3.11. The van der Waals surface area contributed by atoms with Gasteiger partial charge in [-0.05, 0) is 18.2 Å². The van der Waals surface area contributed by atoms with Crippen LogP contribution in [-0.2, 0) is 19.9 Å². The maximum Gasteiger partial charge on any atom is 0.332 e. The van der Waals surface area contributed by atoms with Crippen LogP contribution in [0.3, 0.4) is 0 Å². The third-order valence-corrected chi connectivity index (χ3v) is 4.52. The Labute approximate surface area is 144 Å². The third-order valence-electron chi connectivity index (χ3n) is 4.52. The lowest BCUT2D eigenvalue weighted by Gasteiger charge is -2.34. The number of pyridine rings is 1. The number of benzene rings is 1. The van der Waals surface area contributed by atoms with Gasteiger partial charge in [0.05, 0.1) is 16.6 Å². The van der Waals surface area contributed by atoms with E-state index in [0.29, 0.717) is 5.56 Å². The number of fused-ring (bicyclic) bond motifs is 4. The highest BCUT2D eigenvalue weighted by atomic mass is 19.3. The van der Waals surface area contributed by atoms with Gasteiger partial charge in [0.2, 0.25) is 0 Å². The van der Waals surface area contributed by atoms with Crippen molar-refractivity contribution in [1.82, 2.24) is 14.1 Å². The van der Waals surface area contributed by atoms with Crippen molar-refractivity contribution in [3.8, 4) is 17.0 Å². The molecule has 0 radical (unpaired) electrons. The smallest absolute Gasteiger partial charge is 0.332 e. The van der Waals surface area contributed by atoms with Crippen LogP contribution in [-0.4, -0.2) is 25.7 Å². The Morgan fingerprint density at radius 1 is 1.19 bits per heavy atom. The maximum atomic E-state index is 13.7. The first-order valence-corrected chi connectivity index (χ1v) is 7.66. The number of alkyl halides is 2. The molecule has 1 atom stereocenters. The lowest BCUT2D eigenvalue weighted by atomic mass is 9.94. The summed E-state index contributed by atoms with van der Waals surface area (Å²) in [5.41, 5.74) is -1.18. The normalized spacial score (nSPS) is 18.5. The molecule has 1 N–H and O–H groups in total. The lowest BCUT2D eigenvalue weighted by molar-refractivity contribution is -0.230. The van der Waals surface area contributed by atoms with Crippen LogP contribution in [0.4, 0.5) is 8.78 Å². The highest BCUT2D eigenvalue weighted by Crippen LogP contribution is 2.46. The molecule has 0 fully saturated rings. The van der Waals surface area contributed by atoms with Gasteiger partial charge in [-0.15, -0.1) is 0 Å². The molecule has 0 aliphatic carbocycles. The monoisotopic (exact) mass is 361 g/mol. The molecule has 1 unspecified atom stereocenters. The summed E-state index contributed by atoms with van der Waals surface area (Å²) in [5, 5.41) is 10.4. The van der Waals surface area contributed by atoms with E-state index in [1.54, 1.807) is 18.2 Å². The van der Waals surface area contributed by atoms with Gasteiger partial charge in [-0.3, -0.25) is 13.9 Å². The van der Waals surface area contributed by atoms with Crippen LogP contribution in [0.15, 0.2) is 39.9 Å². The number of rotatable bonds is 1. The molecule has 2 aromatic heterocycles. The first kappa shape index (κ1) is 16.4. The molecule has 1 aliphatic rings. The molecule has 7 nitrogen and oxygen atoms in total. The number of ether oxygens (including phenoxy) is 1. The van der Waals surface area contributed by atoms with Crippen molar-refractivity contribution in [2.75, 3.05) is 0 Å². The van der Waals surface area contributed by atoms with Crippen molar-refractivity contribution >= 4 is 11.0 Å². The molecule has 0 amide bonds. The molecule has 4 rings (SSSR count). The molecule has 9 heteroatoms. The molecule has 3 aromatic rings. The van der Waals surface area contributed by atoms with E-state index in [0.717, 1.165) is 15.2 Å². The summed E-state index contributed by atoms with van der Waals surface area (Å²) in [7, 11) is 2.70. The maximum absolute atomic E-state index is 13.7. The minimum Gasteiger partial charge on any atom is -0.451 e. The van der Waals surface area contributed by atoms with E-state index in [-0.39, 0.29) is 28.0 Å². The summed E-state index contributed by atoms with van der Waals surface area (Å²) < 4.78 is 34.5. The minimum atomic E-state index is -3.29. The Kier molecular flexibility index (Phi) is 3.29. The summed E-state index contributed by atoms with van der Waals surface area (Å²) >= 11 is 0. The van der Waals surface area contributed by atoms with E-state index in [2.05, 4.69) is 4.98 Å². The molecule has 3 heterocycles. The van der Waals surface area contributed by atoms with E-state index in [1.165, 1.54) is 20.2 Å². The second-order valence-corrected chi connectivity index (χ2v) is 6.06. The van der Waals surface area contributed by atoms with Gasteiger partial charge in [0.1, 0.15) is 11.4 Å². The van der Waals surface area contributed by atoms with E-state index < -0.39 is 23.5 Å². The van der Waals surface area contributed by atoms with Crippen LogP contribution in [0.25, 0.3) is 22.3 Å². The van der Waals surface area contributed by atoms with E-state index in [4.69, 9.17) is 4.74 Å². The molecule has 0 saturated heterocycles. The van der Waals surface area contributed by atoms with Crippen molar-refractivity contribution in [2.45, 2.75) is 12.2 Å². The van der Waals surface area contributed by atoms with Crippen LogP contribution in [0.1, 0.15) is 5.56 Å². The predicted molar refractivity (Wildman–Crippen MR) is 88.2 cm³/mol. The molecule has 0 saturated carbocycles. The minimum absolute atomic E-state index is 0.0310. The van der Waals surface area contributed by atoms with E-state index in [9.17, 15) is 23.5 Å². The standard InChI is InChI=1S/C17H13F2N3O4/c1-21-13-9(14(23)22(2)16(21)24)7-10-12(20-13)8-5-3-4-6-11(8)26-17(10,25)15(18)19/h3-7,15,25H,1-2H3. The number of para-hydroxylation sites is 1. The van der Waals surface area contributed by atoms with Gasteiger partial charge in [-0.25, -0.2) is 18.6 Å². The summed E-state index contributed by atoms with van der Waals surface area (Å²) in [6, 6.07) is 7.37. The number of aryl methyl sites for hydroxylation is 1. The number of hydrogen-bond acceptors (Lipinski definition) is 5. The van der Waals surface area contributed by atoms with E-state index >= 15 is 0 Å². The molecule has 1 aliphatic heterocycles. The van der Waals surface area contributed by atoms with Crippen molar-refractivity contribution in [3.05, 3.63) is 56.7 Å². The lowest BCUT2D eigenvalue weighted by Crippen LogP contribution is -2.44. The Hall–Kier alpha value is -3.07. The Bertz CT molecular complexity index is 1190. The summed E-state index contributed by atoms with van der Waals surface area (Å²) in [6.45, 7) is 0. The Morgan fingerprint density at radius 2 is 1.88 bits per heavy atom. The zero-order chi connectivity index (χ0) is 18.8. The van der Waals surface area contributed by atoms with Gasteiger partial charge in [0.15, 0.2) is 0 Å². The summed E-state index contributed by atoms with van der Waals surface area (Å²) in [4.78, 5) is 28.8. The quantitative estimate of drug-likeness (QED) is 0.702. The van der Waals surface area contributed by atoms with Crippen LogP contribution in [0, 0.1) is 0 Å². The summed E-state index contributed by atoms with van der Waals surface area (Å²) in [5.74, 6) is -2.92. The first-order valence-electron chi connectivity index (χ1n) is 7.66. The highest BCUT2D eigenvalue weighted by molar-refractivity contribution is 5.83. The van der Waals surface area contributed by atoms with Gasteiger partial charge in [0.25, 0.3) is 11.3 Å².